The molecule has 0 aliphatic carbocycles. The van der Waals surface area contributed by atoms with Crippen molar-refractivity contribution in [2.45, 2.75) is 44.4 Å². The summed E-state index contributed by atoms with van der Waals surface area (Å²) in [6.45, 7) is 6.38. The van der Waals surface area contributed by atoms with E-state index in [0.29, 0.717) is 42.2 Å². The van der Waals surface area contributed by atoms with E-state index in [1.165, 1.54) is 4.31 Å². The van der Waals surface area contributed by atoms with Gasteiger partial charge in [0.2, 0.25) is 10.0 Å². The molecule has 144 valence electrons. The minimum absolute atomic E-state index is 0.233. The smallest absolute Gasteiger partial charge is 0.270 e. The maximum absolute atomic E-state index is 12.8. The fourth-order valence-corrected chi connectivity index (χ4v) is 5.13. The molecule has 3 rings (SSSR count). The molecule has 2 heterocycles. The van der Waals surface area contributed by atoms with Gasteiger partial charge in [-0.1, -0.05) is 13.8 Å². The molecule has 2 aromatic rings. The molecular weight excluding hydrogens is 374 g/mol. The molecular formula is C17H25N3O4S2. The van der Waals surface area contributed by atoms with Gasteiger partial charge in [-0.2, -0.15) is 4.31 Å². The fraction of sp³-hybridized carbons (Fsp3) is 0.588. The van der Waals surface area contributed by atoms with Gasteiger partial charge < -0.3 is 9.52 Å². The number of rotatable bonds is 6. The van der Waals surface area contributed by atoms with Crippen LogP contribution in [0.2, 0.25) is 0 Å². The molecule has 9 heteroatoms. The minimum atomic E-state index is -3.55. The lowest BCUT2D eigenvalue weighted by Crippen LogP contribution is -2.39. The van der Waals surface area contributed by atoms with Gasteiger partial charge >= 0.3 is 0 Å². The predicted octanol–water partition coefficient (Wildman–Crippen LogP) is 2.41. The fourth-order valence-electron chi connectivity index (χ4n) is 3.41. The number of nitrogens with zero attached hydrogens (tertiary/aromatic N) is 3. The minimum Gasteiger partial charge on any atom is -0.429 e. The number of benzene rings is 1. The van der Waals surface area contributed by atoms with E-state index < -0.39 is 10.0 Å². The maximum Gasteiger partial charge on any atom is 0.270 e. The number of aromatic nitrogens is 1. The Hall–Kier alpha value is -1.26. The van der Waals surface area contributed by atoms with Crippen molar-refractivity contribution in [2.75, 3.05) is 26.2 Å². The Morgan fingerprint density at radius 3 is 2.73 bits per heavy atom. The van der Waals surface area contributed by atoms with Crippen LogP contribution in [0.1, 0.15) is 26.7 Å². The molecule has 1 fully saturated rings. The van der Waals surface area contributed by atoms with Crippen LogP contribution < -0.4 is 0 Å². The summed E-state index contributed by atoms with van der Waals surface area (Å²) in [5.74, 6) is 0. The zero-order chi connectivity index (χ0) is 18.9. The molecule has 0 unspecified atom stereocenters. The van der Waals surface area contributed by atoms with Gasteiger partial charge in [0, 0.05) is 26.2 Å². The number of fused-ring (bicyclic) bond motifs is 1. The summed E-state index contributed by atoms with van der Waals surface area (Å²) in [6, 6.07) is 4.84. The molecule has 0 amide bonds. The normalized spacial score (nSPS) is 19.5. The van der Waals surface area contributed by atoms with Crippen molar-refractivity contribution in [3.63, 3.8) is 0 Å². The number of aliphatic hydroxyl groups is 1. The maximum atomic E-state index is 12.8. The molecule has 1 aromatic heterocycles. The van der Waals surface area contributed by atoms with E-state index in [1.807, 2.05) is 13.8 Å². The van der Waals surface area contributed by atoms with E-state index in [-0.39, 0.29) is 11.0 Å². The highest BCUT2D eigenvalue weighted by molar-refractivity contribution is 7.89. The SMILES string of the molecule is CCN(CC)S(=O)(=O)c1ccc2oc(=S)n(CN3CCC[C@@H](O)C3)c2c1. The average molecular weight is 400 g/mol. The predicted molar refractivity (Wildman–Crippen MR) is 102 cm³/mol. The number of hydrogen-bond donors (Lipinski definition) is 1. The second-order valence-corrected chi connectivity index (χ2v) is 8.82. The first-order valence-corrected chi connectivity index (χ1v) is 10.8. The second kappa shape index (κ2) is 7.77. The van der Waals surface area contributed by atoms with Crippen LogP contribution in [0.5, 0.6) is 0 Å². The Morgan fingerprint density at radius 1 is 1.35 bits per heavy atom. The highest BCUT2D eigenvalue weighted by atomic mass is 32.2. The van der Waals surface area contributed by atoms with Crippen LogP contribution in [0.4, 0.5) is 0 Å². The summed E-state index contributed by atoms with van der Waals surface area (Å²) in [5.41, 5.74) is 1.22. The van der Waals surface area contributed by atoms with Crippen molar-refractivity contribution in [3.05, 3.63) is 23.0 Å². The van der Waals surface area contributed by atoms with E-state index in [4.69, 9.17) is 16.6 Å². The molecule has 26 heavy (non-hydrogen) atoms. The first-order chi connectivity index (χ1) is 12.4. The number of aliphatic hydroxyl groups excluding tert-OH is 1. The quantitative estimate of drug-likeness (QED) is 0.752. The molecule has 1 N–H and O–H groups in total. The Morgan fingerprint density at radius 2 is 2.08 bits per heavy atom. The molecule has 1 saturated heterocycles. The summed E-state index contributed by atoms with van der Waals surface area (Å²) in [4.78, 5) is 2.64. The van der Waals surface area contributed by atoms with Gasteiger partial charge in [-0.15, -0.1) is 0 Å². The van der Waals surface area contributed by atoms with Crippen LogP contribution in [0, 0.1) is 4.84 Å². The summed E-state index contributed by atoms with van der Waals surface area (Å²) in [7, 11) is -3.55. The number of piperidine rings is 1. The lowest BCUT2D eigenvalue weighted by molar-refractivity contribution is 0.0542. The van der Waals surface area contributed by atoms with E-state index >= 15 is 0 Å². The number of hydrogen-bond acceptors (Lipinski definition) is 6. The summed E-state index contributed by atoms with van der Waals surface area (Å²) < 4.78 is 34.5. The summed E-state index contributed by atoms with van der Waals surface area (Å²) >= 11 is 5.33. The first kappa shape index (κ1) is 19.5. The van der Waals surface area contributed by atoms with Crippen molar-refractivity contribution in [3.8, 4) is 0 Å². The summed E-state index contributed by atoms with van der Waals surface area (Å²) in [6.07, 6.45) is 1.39. The van der Waals surface area contributed by atoms with Crippen LogP contribution in [0.25, 0.3) is 11.1 Å². The van der Waals surface area contributed by atoms with Crippen molar-refractivity contribution in [1.29, 1.82) is 0 Å². The molecule has 0 spiro atoms. The second-order valence-electron chi connectivity index (χ2n) is 6.53. The van der Waals surface area contributed by atoms with Gasteiger partial charge in [-0.25, -0.2) is 8.42 Å². The molecule has 7 nitrogen and oxygen atoms in total. The molecule has 0 bridgehead atoms. The van der Waals surface area contributed by atoms with Gasteiger partial charge in [-0.3, -0.25) is 9.47 Å². The van der Waals surface area contributed by atoms with E-state index in [2.05, 4.69) is 4.90 Å². The first-order valence-electron chi connectivity index (χ1n) is 8.90. The molecule has 1 aliphatic heterocycles. The van der Waals surface area contributed by atoms with E-state index in [0.717, 1.165) is 19.4 Å². The van der Waals surface area contributed by atoms with Crippen LogP contribution in [0.3, 0.4) is 0 Å². The van der Waals surface area contributed by atoms with Crippen LogP contribution >= 0.6 is 12.2 Å². The Labute approximate surface area is 158 Å². The van der Waals surface area contributed by atoms with Gasteiger partial charge in [0.25, 0.3) is 4.84 Å². The third-order valence-electron chi connectivity index (χ3n) is 4.80. The number of likely N-dealkylation sites (tertiary alicyclic amines) is 1. The average Bonchev–Trinajstić information content (AvgIpc) is 2.91. The number of sulfonamides is 1. The molecule has 1 aliphatic rings. The van der Waals surface area contributed by atoms with Crippen molar-refractivity contribution in [2.24, 2.45) is 0 Å². The van der Waals surface area contributed by atoms with Crippen molar-refractivity contribution in [1.82, 2.24) is 13.8 Å². The highest BCUT2D eigenvalue weighted by Gasteiger charge is 2.24. The summed E-state index contributed by atoms with van der Waals surface area (Å²) in [5, 5.41) is 9.87. The van der Waals surface area contributed by atoms with Crippen LogP contribution in [-0.2, 0) is 16.7 Å². The highest BCUT2D eigenvalue weighted by Crippen LogP contribution is 2.25. The third-order valence-corrected chi connectivity index (χ3v) is 7.15. The largest absolute Gasteiger partial charge is 0.429 e. The lowest BCUT2D eigenvalue weighted by Gasteiger charge is -2.30. The van der Waals surface area contributed by atoms with Gasteiger partial charge in [0.05, 0.1) is 23.2 Å². The standard InChI is InChI=1S/C17H25N3O4S2/c1-3-19(4-2)26(22,23)14-7-8-16-15(10-14)20(17(25)24-16)12-18-9-5-6-13(21)11-18/h7-8,10,13,21H,3-6,9,11-12H2,1-2H3/t13-/m1/s1. The third kappa shape index (κ3) is 3.72. The van der Waals surface area contributed by atoms with E-state index in [1.54, 1.807) is 22.8 Å². The zero-order valence-electron chi connectivity index (χ0n) is 15.1. The van der Waals surface area contributed by atoms with Crippen LogP contribution in [0.15, 0.2) is 27.5 Å². The molecule has 1 aromatic carbocycles. The number of β-amino-alcohol motifs (C(OH)–C–C–N with tert-alkyl or cyclic N) is 1. The van der Waals surface area contributed by atoms with Crippen LogP contribution in [-0.4, -0.2) is 59.6 Å². The molecule has 1 atom stereocenters. The Kier molecular flexibility index (Phi) is 5.83. The topological polar surface area (TPSA) is 78.9 Å². The van der Waals surface area contributed by atoms with Gasteiger partial charge in [-0.05, 0) is 43.3 Å². The van der Waals surface area contributed by atoms with Crippen molar-refractivity contribution >= 4 is 33.3 Å². The van der Waals surface area contributed by atoms with E-state index in [9.17, 15) is 13.5 Å². The Balaban J connectivity index is 2.00. The molecule has 0 saturated carbocycles. The lowest BCUT2D eigenvalue weighted by atomic mass is 10.1. The van der Waals surface area contributed by atoms with Gasteiger partial charge in [0.1, 0.15) is 0 Å². The molecule has 0 radical (unpaired) electrons. The monoisotopic (exact) mass is 399 g/mol. The zero-order valence-corrected chi connectivity index (χ0v) is 16.7. The Bertz CT molecular complexity index is 931. The van der Waals surface area contributed by atoms with Gasteiger partial charge in [0.15, 0.2) is 5.58 Å². The van der Waals surface area contributed by atoms with Crippen molar-refractivity contribution < 1.29 is 17.9 Å². The number of oxazole rings is 1.